The fraction of sp³-hybridized carbons (Fsp3) is 1.00. The molecule has 0 saturated carbocycles. The van der Waals surface area contributed by atoms with Crippen LogP contribution in [0.2, 0.25) is 0 Å². The Morgan fingerprint density at radius 1 is 1.38 bits per heavy atom. The molecule has 1 rings (SSSR count). The molecule has 2 atom stereocenters. The first kappa shape index (κ1) is 14.5. The highest BCUT2D eigenvalue weighted by molar-refractivity contribution is 9.09. The number of nitrogens with zero attached hydrogens (tertiary/aromatic N) is 1. The van der Waals surface area contributed by atoms with Crippen molar-refractivity contribution in [3.8, 4) is 0 Å². The van der Waals surface area contributed by atoms with Crippen molar-refractivity contribution < 1.29 is 0 Å². The van der Waals surface area contributed by atoms with Gasteiger partial charge in [-0.3, -0.25) is 0 Å². The lowest BCUT2D eigenvalue weighted by Crippen LogP contribution is -2.35. The van der Waals surface area contributed by atoms with E-state index in [-0.39, 0.29) is 0 Å². The zero-order valence-electron chi connectivity index (χ0n) is 11.4. The Morgan fingerprint density at radius 3 is 2.56 bits per heavy atom. The van der Waals surface area contributed by atoms with Crippen molar-refractivity contribution >= 4 is 15.9 Å². The minimum absolute atomic E-state index is 0.423. The predicted octanol–water partition coefficient (Wildman–Crippen LogP) is 4.17. The minimum Gasteiger partial charge on any atom is -0.303 e. The zero-order chi connectivity index (χ0) is 12.2. The fourth-order valence-corrected chi connectivity index (χ4v) is 3.76. The fourth-order valence-electron chi connectivity index (χ4n) is 2.59. The van der Waals surface area contributed by atoms with Crippen molar-refractivity contribution in [3.63, 3.8) is 0 Å². The molecular weight excluding hydrogens is 262 g/mol. The molecule has 0 radical (unpaired) electrons. The summed E-state index contributed by atoms with van der Waals surface area (Å²) < 4.78 is 0. The van der Waals surface area contributed by atoms with Crippen LogP contribution < -0.4 is 0 Å². The second-order valence-corrected chi connectivity index (χ2v) is 7.07. The zero-order valence-corrected chi connectivity index (χ0v) is 13.0. The van der Waals surface area contributed by atoms with Crippen molar-refractivity contribution in [2.75, 3.05) is 25.0 Å². The highest BCUT2D eigenvalue weighted by atomic mass is 79.9. The van der Waals surface area contributed by atoms with Gasteiger partial charge in [0.2, 0.25) is 0 Å². The van der Waals surface area contributed by atoms with Crippen molar-refractivity contribution in [3.05, 3.63) is 0 Å². The van der Waals surface area contributed by atoms with E-state index in [0.717, 1.165) is 17.2 Å². The van der Waals surface area contributed by atoms with Gasteiger partial charge in [0.15, 0.2) is 0 Å². The van der Waals surface area contributed by atoms with Crippen LogP contribution in [0.25, 0.3) is 0 Å². The van der Waals surface area contributed by atoms with Crippen molar-refractivity contribution in [2.24, 2.45) is 17.3 Å². The van der Waals surface area contributed by atoms with Crippen LogP contribution in [0.5, 0.6) is 0 Å². The van der Waals surface area contributed by atoms with Gasteiger partial charge in [0.25, 0.3) is 0 Å². The summed E-state index contributed by atoms with van der Waals surface area (Å²) >= 11 is 3.68. The first-order valence-corrected chi connectivity index (χ1v) is 7.87. The average Bonchev–Trinajstić information content (AvgIpc) is 2.61. The van der Waals surface area contributed by atoms with Crippen LogP contribution in [-0.2, 0) is 0 Å². The average molecular weight is 290 g/mol. The summed E-state index contributed by atoms with van der Waals surface area (Å²) in [5.41, 5.74) is 0.423. The van der Waals surface area contributed by atoms with Crippen LogP contribution in [0, 0.1) is 17.3 Å². The lowest BCUT2D eigenvalue weighted by Gasteiger charge is -2.32. The summed E-state index contributed by atoms with van der Waals surface area (Å²) in [7, 11) is 0. The Hall–Kier alpha value is 0.440. The molecular formula is C14H28BrN. The molecule has 1 fully saturated rings. The number of hydrogen-bond acceptors (Lipinski definition) is 1. The number of alkyl halides is 1. The van der Waals surface area contributed by atoms with Crippen molar-refractivity contribution in [1.82, 2.24) is 4.90 Å². The van der Waals surface area contributed by atoms with Gasteiger partial charge in [-0.05, 0) is 36.6 Å². The number of rotatable bonds is 5. The van der Waals surface area contributed by atoms with Crippen LogP contribution in [0.3, 0.4) is 0 Å². The monoisotopic (exact) mass is 289 g/mol. The molecule has 1 heterocycles. The molecule has 2 unspecified atom stereocenters. The normalized spacial score (nSPS) is 24.9. The van der Waals surface area contributed by atoms with Crippen LogP contribution >= 0.6 is 15.9 Å². The Morgan fingerprint density at radius 2 is 2.06 bits per heavy atom. The molecule has 1 saturated heterocycles. The first-order chi connectivity index (χ1) is 7.47. The standard InChI is InChI=1S/C14H28BrN/c1-5-6-12-7-8-16(10-12)11-13(9-15)14(2,3)4/h12-13H,5-11H2,1-4H3. The molecule has 0 aromatic heterocycles. The van der Waals surface area contributed by atoms with Gasteiger partial charge in [0.05, 0.1) is 0 Å². The van der Waals surface area contributed by atoms with Gasteiger partial charge >= 0.3 is 0 Å². The molecule has 1 aliphatic rings. The van der Waals surface area contributed by atoms with Crippen molar-refractivity contribution in [2.45, 2.75) is 47.0 Å². The molecule has 2 heteroatoms. The highest BCUT2D eigenvalue weighted by Crippen LogP contribution is 2.30. The van der Waals surface area contributed by atoms with Crippen LogP contribution in [-0.4, -0.2) is 29.9 Å². The smallest absolute Gasteiger partial charge is 0.00768 e. The van der Waals surface area contributed by atoms with Gasteiger partial charge in [0, 0.05) is 18.4 Å². The Bertz CT molecular complexity index is 197. The van der Waals surface area contributed by atoms with Crippen LogP contribution in [0.4, 0.5) is 0 Å². The molecule has 0 spiro atoms. The summed E-state index contributed by atoms with van der Waals surface area (Å²) in [5, 5.41) is 1.13. The van der Waals surface area contributed by atoms with E-state index in [1.54, 1.807) is 0 Å². The van der Waals surface area contributed by atoms with E-state index in [2.05, 4.69) is 48.5 Å². The predicted molar refractivity (Wildman–Crippen MR) is 76.2 cm³/mol. The summed E-state index contributed by atoms with van der Waals surface area (Å²) in [6.45, 7) is 13.3. The Balaban J connectivity index is 2.37. The van der Waals surface area contributed by atoms with E-state index < -0.39 is 0 Å². The molecule has 0 amide bonds. The largest absolute Gasteiger partial charge is 0.303 e. The first-order valence-electron chi connectivity index (χ1n) is 6.75. The molecule has 0 aliphatic carbocycles. The van der Waals surface area contributed by atoms with Gasteiger partial charge in [-0.15, -0.1) is 0 Å². The third-order valence-corrected chi connectivity index (χ3v) is 4.74. The van der Waals surface area contributed by atoms with E-state index in [1.807, 2.05) is 0 Å². The second-order valence-electron chi connectivity index (χ2n) is 6.42. The topological polar surface area (TPSA) is 3.24 Å². The van der Waals surface area contributed by atoms with Gasteiger partial charge < -0.3 is 4.90 Å². The quantitative estimate of drug-likeness (QED) is 0.687. The van der Waals surface area contributed by atoms with E-state index >= 15 is 0 Å². The summed E-state index contributed by atoms with van der Waals surface area (Å²) in [4.78, 5) is 2.68. The number of halogens is 1. The van der Waals surface area contributed by atoms with Gasteiger partial charge in [0.1, 0.15) is 0 Å². The highest BCUT2D eigenvalue weighted by Gasteiger charge is 2.29. The molecule has 1 aliphatic heterocycles. The Labute approximate surface area is 110 Å². The maximum absolute atomic E-state index is 3.68. The SMILES string of the molecule is CCCC1CCN(CC(CBr)C(C)(C)C)C1. The van der Waals surface area contributed by atoms with Gasteiger partial charge in [-0.1, -0.05) is 50.0 Å². The molecule has 0 aromatic carbocycles. The summed E-state index contributed by atoms with van der Waals surface area (Å²) in [5.74, 6) is 1.74. The molecule has 96 valence electrons. The maximum atomic E-state index is 3.68. The van der Waals surface area contributed by atoms with E-state index in [4.69, 9.17) is 0 Å². The van der Waals surface area contributed by atoms with Crippen molar-refractivity contribution in [1.29, 1.82) is 0 Å². The van der Waals surface area contributed by atoms with Crippen LogP contribution in [0.15, 0.2) is 0 Å². The lowest BCUT2D eigenvalue weighted by molar-refractivity contribution is 0.183. The third-order valence-electron chi connectivity index (χ3n) is 3.96. The van der Waals surface area contributed by atoms with E-state index in [0.29, 0.717) is 5.41 Å². The third kappa shape index (κ3) is 4.37. The van der Waals surface area contributed by atoms with E-state index in [9.17, 15) is 0 Å². The number of hydrogen-bond donors (Lipinski definition) is 0. The number of likely N-dealkylation sites (tertiary alicyclic amines) is 1. The maximum Gasteiger partial charge on any atom is 0.00768 e. The van der Waals surface area contributed by atoms with E-state index in [1.165, 1.54) is 38.9 Å². The molecule has 16 heavy (non-hydrogen) atoms. The molecule has 0 aromatic rings. The summed E-state index contributed by atoms with van der Waals surface area (Å²) in [6, 6.07) is 0. The second kappa shape index (κ2) is 6.39. The van der Waals surface area contributed by atoms with Gasteiger partial charge in [-0.25, -0.2) is 0 Å². The molecule has 0 bridgehead atoms. The molecule has 0 N–H and O–H groups in total. The van der Waals surface area contributed by atoms with Gasteiger partial charge in [-0.2, -0.15) is 0 Å². The summed E-state index contributed by atoms with van der Waals surface area (Å²) in [6.07, 6.45) is 4.19. The lowest BCUT2D eigenvalue weighted by atomic mass is 9.82. The molecule has 1 nitrogen and oxygen atoms in total. The minimum atomic E-state index is 0.423. The Kier molecular flexibility index (Phi) is 5.79. The van der Waals surface area contributed by atoms with Crippen LogP contribution in [0.1, 0.15) is 47.0 Å².